The Bertz CT molecular complexity index is 1120. The second-order valence-corrected chi connectivity index (χ2v) is 7.53. The van der Waals surface area contributed by atoms with E-state index < -0.39 is 12.6 Å². The first-order valence-corrected chi connectivity index (χ1v) is 10.3. The molecule has 8 heteroatoms. The van der Waals surface area contributed by atoms with Crippen molar-refractivity contribution in [2.24, 2.45) is 0 Å². The van der Waals surface area contributed by atoms with E-state index in [4.69, 9.17) is 18.9 Å². The predicted octanol–water partition coefficient (Wildman–Crippen LogP) is 4.05. The van der Waals surface area contributed by atoms with Crippen molar-refractivity contribution in [3.8, 4) is 17.2 Å². The Morgan fingerprint density at radius 3 is 2.61 bits per heavy atom. The Kier molecular flexibility index (Phi) is 6.37. The molecule has 0 spiro atoms. The third-order valence-corrected chi connectivity index (χ3v) is 5.47. The summed E-state index contributed by atoms with van der Waals surface area (Å²) in [5, 5.41) is 0.467. The van der Waals surface area contributed by atoms with E-state index in [1.165, 1.54) is 18.9 Å². The highest BCUT2D eigenvalue weighted by molar-refractivity contribution is 7.99. The van der Waals surface area contributed by atoms with Gasteiger partial charge in [0.25, 0.3) is 0 Å². The highest BCUT2D eigenvalue weighted by Crippen LogP contribution is 2.37. The summed E-state index contributed by atoms with van der Waals surface area (Å²) < 4.78 is 21.6. The van der Waals surface area contributed by atoms with Gasteiger partial charge in [-0.1, -0.05) is 23.9 Å². The fourth-order valence-electron chi connectivity index (χ4n) is 2.99. The molecule has 0 aliphatic carbocycles. The van der Waals surface area contributed by atoms with Crippen LogP contribution in [-0.4, -0.2) is 43.7 Å². The van der Waals surface area contributed by atoms with Crippen molar-refractivity contribution in [3.05, 3.63) is 71.9 Å². The molecule has 1 aliphatic rings. The number of benzene rings is 2. The van der Waals surface area contributed by atoms with Gasteiger partial charge in [0.15, 0.2) is 18.1 Å². The van der Waals surface area contributed by atoms with Crippen molar-refractivity contribution in [2.75, 3.05) is 26.9 Å². The van der Waals surface area contributed by atoms with Gasteiger partial charge in [-0.3, -0.25) is 4.79 Å². The summed E-state index contributed by atoms with van der Waals surface area (Å²) in [6.45, 7) is 0.605. The van der Waals surface area contributed by atoms with Gasteiger partial charge in [-0.05, 0) is 42.5 Å². The number of ether oxygens (including phenoxy) is 4. The lowest BCUT2D eigenvalue weighted by Gasteiger charge is -2.18. The summed E-state index contributed by atoms with van der Waals surface area (Å²) in [7, 11) is 1.48. The number of carbonyl (C=O) groups excluding carboxylic acids is 2. The Balaban J connectivity index is 1.46. The Morgan fingerprint density at radius 2 is 1.77 bits per heavy atom. The lowest BCUT2D eigenvalue weighted by atomic mass is 10.1. The van der Waals surface area contributed by atoms with E-state index in [1.54, 1.807) is 42.6 Å². The number of aromatic nitrogens is 1. The van der Waals surface area contributed by atoms with Gasteiger partial charge in [0.05, 0.1) is 18.2 Å². The molecule has 0 fully saturated rings. The number of pyridine rings is 1. The van der Waals surface area contributed by atoms with E-state index >= 15 is 0 Å². The van der Waals surface area contributed by atoms with E-state index in [-0.39, 0.29) is 11.3 Å². The first kappa shape index (κ1) is 20.7. The van der Waals surface area contributed by atoms with Gasteiger partial charge >= 0.3 is 5.97 Å². The van der Waals surface area contributed by atoms with Crippen LogP contribution >= 0.6 is 11.8 Å². The highest BCUT2D eigenvalue weighted by atomic mass is 32.2. The normalized spacial score (nSPS) is 12.2. The van der Waals surface area contributed by atoms with E-state index in [0.717, 1.165) is 4.90 Å². The zero-order chi connectivity index (χ0) is 21.6. The van der Waals surface area contributed by atoms with E-state index in [1.807, 2.05) is 18.2 Å². The summed E-state index contributed by atoms with van der Waals surface area (Å²) >= 11 is 1.30. The van der Waals surface area contributed by atoms with Crippen LogP contribution < -0.4 is 14.2 Å². The van der Waals surface area contributed by atoms with Crippen LogP contribution in [0.3, 0.4) is 0 Å². The number of fused-ring (bicyclic) bond motifs is 1. The first-order valence-electron chi connectivity index (χ1n) is 9.51. The number of hydrogen-bond donors (Lipinski definition) is 0. The largest absolute Gasteiger partial charge is 0.496 e. The molecule has 0 saturated carbocycles. The topological polar surface area (TPSA) is 84.0 Å². The highest BCUT2D eigenvalue weighted by Gasteiger charge is 2.19. The molecule has 31 heavy (non-hydrogen) atoms. The number of nitrogens with zero attached hydrogens (tertiary/aromatic N) is 1. The first-order chi connectivity index (χ1) is 15.2. The summed E-state index contributed by atoms with van der Waals surface area (Å²) in [5.74, 6) is 0.789. The van der Waals surface area contributed by atoms with Crippen molar-refractivity contribution < 1.29 is 28.5 Å². The number of methoxy groups -OCH3 is 1. The van der Waals surface area contributed by atoms with Crippen molar-refractivity contribution in [3.63, 3.8) is 0 Å². The summed E-state index contributed by atoms with van der Waals surface area (Å²) in [6, 6.07) is 15.6. The monoisotopic (exact) mass is 437 g/mol. The van der Waals surface area contributed by atoms with Crippen LogP contribution in [0.25, 0.3) is 0 Å². The maximum absolute atomic E-state index is 12.7. The molecule has 3 aromatic rings. The Morgan fingerprint density at radius 1 is 1.00 bits per heavy atom. The van der Waals surface area contributed by atoms with Gasteiger partial charge < -0.3 is 18.9 Å². The number of rotatable bonds is 7. The Labute approximate surface area is 183 Å². The summed E-state index contributed by atoms with van der Waals surface area (Å²) in [5.41, 5.74) is 0.630. The molecule has 0 N–H and O–H groups in total. The van der Waals surface area contributed by atoms with Crippen molar-refractivity contribution in [1.82, 2.24) is 4.98 Å². The molecule has 1 aromatic heterocycles. The van der Waals surface area contributed by atoms with Gasteiger partial charge in [0.2, 0.25) is 5.78 Å². The fourth-order valence-corrected chi connectivity index (χ4v) is 3.89. The van der Waals surface area contributed by atoms with Crippen LogP contribution in [0.4, 0.5) is 0 Å². The second kappa shape index (κ2) is 9.53. The van der Waals surface area contributed by atoms with Crippen molar-refractivity contribution in [1.29, 1.82) is 0 Å². The SMILES string of the molecule is COc1ccccc1C(=O)COC(=O)c1cccnc1Sc1ccc2c(c1)OCCO2. The quantitative estimate of drug-likeness (QED) is 0.404. The van der Waals surface area contributed by atoms with Gasteiger partial charge in [-0.2, -0.15) is 0 Å². The third-order valence-electron chi connectivity index (χ3n) is 4.46. The smallest absolute Gasteiger partial charge is 0.341 e. The zero-order valence-electron chi connectivity index (χ0n) is 16.7. The maximum Gasteiger partial charge on any atom is 0.341 e. The zero-order valence-corrected chi connectivity index (χ0v) is 17.5. The molecule has 0 bridgehead atoms. The molecule has 0 atom stereocenters. The molecule has 158 valence electrons. The molecular formula is C23H19NO6S. The van der Waals surface area contributed by atoms with Crippen LogP contribution in [0.1, 0.15) is 20.7 Å². The minimum absolute atomic E-state index is 0.273. The van der Waals surface area contributed by atoms with Gasteiger partial charge in [0, 0.05) is 11.1 Å². The van der Waals surface area contributed by atoms with Gasteiger partial charge in [-0.25, -0.2) is 9.78 Å². The molecule has 1 aliphatic heterocycles. The molecule has 0 amide bonds. The number of carbonyl (C=O) groups is 2. The lowest BCUT2D eigenvalue weighted by molar-refractivity contribution is 0.0469. The van der Waals surface area contributed by atoms with Crippen LogP contribution in [0.5, 0.6) is 17.2 Å². The molecule has 2 aromatic carbocycles. The van der Waals surface area contributed by atoms with Gasteiger partial charge in [0.1, 0.15) is 24.0 Å². The van der Waals surface area contributed by atoms with Crippen LogP contribution in [0.2, 0.25) is 0 Å². The van der Waals surface area contributed by atoms with Crippen LogP contribution in [0, 0.1) is 0 Å². The molecule has 0 saturated heterocycles. The van der Waals surface area contributed by atoms with Crippen LogP contribution in [0.15, 0.2) is 70.7 Å². The fraction of sp³-hybridized carbons (Fsp3) is 0.174. The minimum Gasteiger partial charge on any atom is -0.496 e. The van der Waals surface area contributed by atoms with Gasteiger partial charge in [-0.15, -0.1) is 0 Å². The summed E-state index contributed by atoms with van der Waals surface area (Å²) in [4.78, 5) is 30.3. The molecule has 0 radical (unpaired) electrons. The summed E-state index contributed by atoms with van der Waals surface area (Å²) in [6.07, 6.45) is 1.59. The number of ketones is 1. The minimum atomic E-state index is -0.628. The lowest BCUT2D eigenvalue weighted by Crippen LogP contribution is -2.16. The number of para-hydroxylation sites is 1. The average molecular weight is 437 g/mol. The van der Waals surface area contributed by atoms with E-state index in [2.05, 4.69) is 4.98 Å². The standard InChI is InChI=1S/C23H19NO6S/c1-27-19-7-3-2-5-16(19)18(25)14-30-23(26)17-6-4-10-24-22(17)31-15-8-9-20-21(13-15)29-12-11-28-20/h2-10,13H,11-12,14H2,1H3. The third kappa shape index (κ3) is 4.80. The number of esters is 1. The van der Waals surface area contributed by atoms with E-state index in [0.29, 0.717) is 41.1 Å². The number of hydrogen-bond acceptors (Lipinski definition) is 8. The maximum atomic E-state index is 12.7. The molecular weight excluding hydrogens is 418 g/mol. The van der Waals surface area contributed by atoms with Crippen molar-refractivity contribution >= 4 is 23.5 Å². The average Bonchev–Trinajstić information content (AvgIpc) is 2.82. The molecule has 2 heterocycles. The molecule has 0 unspecified atom stereocenters. The predicted molar refractivity (Wildman–Crippen MR) is 113 cm³/mol. The van der Waals surface area contributed by atoms with Crippen molar-refractivity contribution in [2.45, 2.75) is 9.92 Å². The Hall–Kier alpha value is -3.52. The van der Waals surface area contributed by atoms with E-state index in [9.17, 15) is 9.59 Å². The molecule has 4 rings (SSSR count). The molecule has 7 nitrogen and oxygen atoms in total. The van der Waals surface area contributed by atoms with Crippen LogP contribution in [-0.2, 0) is 4.74 Å². The second-order valence-electron chi connectivity index (χ2n) is 6.46. The number of Topliss-reactive ketones (excluding diaryl/α,β-unsaturated/α-hetero) is 1.